The van der Waals surface area contributed by atoms with Gasteiger partial charge in [0.1, 0.15) is 5.75 Å². The molecule has 0 amide bonds. The number of ether oxygens (including phenoxy) is 2. The molecule has 2 aromatic rings. The number of nitrogens with zero attached hydrogens (tertiary/aromatic N) is 1. The van der Waals surface area contributed by atoms with E-state index in [0.29, 0.717) is 23.8 Å². The van der Waals surface area contributed by atoms with Gasteiger partial charge in [0.2, 0.25) is 10.0 Å². The monoisotopic (exact) mass is 389 g/mol. The minimum atomic E-state index is -3.65. The molecular formula is C21H27NO4S. The Morgan fingerprint density at radius 2 is 1.93 bits per heavy atom. The van der Waals surface area contributed by atoms with Crippen molar-refractivity contribution in [2.45, 2.75) is 44.2 Å². The summed E-state index contributed by atoms with van der Waals surface area (Å²) < 4.78 is 39.5. The predicted molar refractivity (Wildman–Crippen MR) is 105 cm³/mol. The van der Waals surface area contributed by atoms with E-state index in [1.54, 1.807) is 19.2 Å². The van der Waals surface area contributed by atoms with Crippen molar-refractivity contribution in [1.29, 1.82) is 0 Å². The second-order valence-electron chi connectivity index (χ2n) is 6.99. The van der Waals surface area contributed by atoms with E-state index in [1.165, 1.54) is 4.31 Å². The zero-order chi connectivity index (χ0) is 19.4. The van der Waals surface area contributed by atoms with Crippen molar-refractivity contribution in [2.24, 2.45) is 0 Å². The molecule has 2 aromatic carbocycles. The second kappa shape index (κ2) is 8.42. The number of sulfonamides is 1. The molecule has 1 aliphatic heterocycles. The number of hydrogen-bond acceptors (Lipinski definition) is 4. The van der Waals surface area contributed by atoms with Gasteiger partial charge in [-0.15, -0.1) is 0 Å². The van der Waals surface area contributed by atoms with E-state index >= 15 is 0 Å². The van der Waals surface area contributed by atoms with Crippen LogP contribution in [0.4, 0.5) is 0 Å². The molecule has 1 unspecified atom stereocenters. The SMILES string of the molecule is COc1ccccc1CN(CC1CCCO1)S(=O)(=O)c1ccc(C)c(C)c1. The van der Waals surface area contributed by atoms with Crippen LogP contribution in [0.1, 0.15) is 29.5 Å². The topological polar surface area (TPSA) is 55.8 Å². The summed E-state index contributed by atoms with van der Waals surface area (Å²) in [6.07, 6.45) is 1.78. The molecule has 0 N–H and O–H groups in total. The van der Waals surface area contributed by atoms with E-state index in [-0.39, 0.29) is 12.6 Å². The summed E-state index contributed by atoms with van der Waals surface area (Å²) in [6, 6.07) is 12.8. The Morgan fingerprint density at radius 3 is 2.59 bits per heavy atom. The third kappa shape index (κ3) is 4.51. The van der Waals surface area contributed by atoms with Gasteiger partial charge in [0.15, 0.2) is 0 Å². The molecule has 6 heteroatoms. The molecule has 1 aliphatic rings. The standard InChI is InChI=1S/C21H27NO4S/c1-16-10-11-20(13-17(16)2)27(23,24)22(15-19-8-6-12-26-19)14-18-7-4-5-9-21(18)25-3/h4-5,7,9-11,13,19H,6,8,12,14-15H2,1-3H3. The molecule has 5 nitrogen and oxygen atoms in total. The fourth-order valence-corrected chi connectivity index (χ4v) is 4.85. The molecule has 27 heavy (non-hydrogen) atoms. The predicted octanol–water partition coefficient (Wildman–Crippen LogP) is 3.68. The zero-order valence-electron chi connectivity index (χ0n) is 16.1. The Balaban J connectivity index is 1.96. The highest BCUT2D eigenvalue weighted by Crippen LogP contribution is 2.26. The van der Waals surface area contributed by atoms with Crippen molar-refractivity contribution < 1.29 is 17.9 Å². The van der Waals surface area contributed by atoms with Gasteiger partial charge in [-0.25, -0.2) is 8.42 Å². The van der Waals surface area contributed by atoms with Crippen molar-refractivity contribution >= 4 is 10.0 Å². The Kier molecular flexibility index (Phi) is 6.19. The average molecular weight is 390 g/mol. The van der Waals surface area contributed by atoms with Crippen LogP contribution in [0.25, 0.3) is 0 Å². The maximum absolute atomic E-state index is 13.4. The summed E-state index contributed by atoms with van der Waals surface area (Å²) in [7, 11) is -2.05. The molecule has 1 saturated heterocycles. The van der Waals surface area contributed by atoms with Crippen molar-refractivity contribution in [1.82, 2.24) is 4.31 Å². The third-order valence-electron chi connectivity index (χ3n) is 5.09. The van der Waals surface area contributed by atoms with Gasteiger partial charge in [-0.2, -0.15) is 4.31 Å². The van der Waals surface area contributed by atoms with Gasteiger partial charge in [-0.05, 0) is 56.0 Å². The van der Waals surface area contributed by atoms with E-state index < -0.39 is 10.0 Å². The summed E-state index contributed by atoms with van der Waals surface area (Å²) in [5.41, 5.74) is 2.88. The molecule has 0 spiro atoms. The van der Waals surface area contributed by atoms with Crippen LogP contribution in [-0.2, 0) is 21.3 Å². The minimum absolute atomic E-state index is 0.0685. The fourth-order valence-electron chi connectivity index (χ4n) is 3.31. The molecule has 0 bridgehead atoms. The van der Waals surface area contributed by atoms with Crippen LogP contribution in [0, 0.1) is 13.8 Å². The molecule has 146 valence electrons. The van der Waals surface area contributed by atoms with Crippen molar-refractivity contribution in [3.63, 3.8) is 0 Å². The molecule has 0 aromatic heterocycles. The molecule has 3 rings (SSSR count). The quantitative estimate of drug-likeness (QED) is 0.725. The highest BCUT2D eigenvalue weighted by Gasteiger charge is 2.30. The number of hydrogen-bond donors (Lipinski definition) is 0. The lowest BCUT2D eigenvalue weighted by atomic mass is 10.1. The highest BCUT2D eigenvalue weighted by molar-refractivity contribution is 7.89. The van der Waals surface area contributed by atoms with E-state index in [4.69, 9.17) is 9.47 Å². The van der Waals surface area contributed by atoms with Gasteiger partial charge in [-0.1, -0.05) is 24.3 Å². The first kappa shape index (κ1) is 19.9. The fraction of sp³-hybridized carbons (Fsp3) is 0.429. The minimum Gasteiger partial charge on any atom is -0.496 e. The van der Waals surface area contributed by atoms with Gasteiger partial charge >= 0.3 is 0 Å². The molecule has 1 atom stereocenters. The summed E-state index contributed by atoms with van der Waals surface area (Å²) in [5, 5.41) is 0. The van der Waals surface area contributed by atoms with Gasteiger partial charge in [0, 0.05) is 25.3 Å². The maximum atomic E-state index is 13.4. The van der Waals surface area contributed by atoms with E-state index in [9.17, 15) is 8.42 Å². The van der Waals surface area contributed by atoms with E-state index in [2.05, 4.69) is 0 Å². The smallest absolute Gasteiger partial charge is 0.243 e. The summed E-state index contributed by atoms with van der Waals surface area (Å²) in [4.78, 5) is 0.318. The van der Waals surface area contributed by atoms with E-state index in [1.807, 2.05) is 44.2 Å². The summed E-state index contributed by atoms with van der Waals surface area (Å²) >= 11 is 0. The maximum Gasteiger partial charge on any atom is 0.243 e. The zero-order valence-corrected chi connectivity index (χ0v) is 17.0. The number of benzene rings is 2. The van der Waals surface area contributed by atoms with Crippen LogP contribution in [0.5, 0.6) is 5.75 Å². The molecule has 0 radical (unpaired) electrons. The van der Waals surface area contributed by atoms with Gasteiger partial charge < -0.3 is 9.47 Å². The Hall–Kier alpha value is -1.89. The van der Waals surface area contributed by atoms with Crippen molar-refractivity contribution in [3.05, 3.63) is 59.2 Å². The van der Waals surface area contributed by atoms with Crippen LogP contribution < -0.4 is 4.74 Å². The Bertz CT molecular complexity index is 889. The highest BCUT2D eigenvalue weighted by atomic mass is 32.2. The third-order valence-corrected chi connectivity index (χ3v) is 6.89. The summed E-state index contributed by atoms with van der Waals surface area (Å²) in [5.74, 6) is 0.685. The first-order valence-corrected chi connectivity index (χ1v) is 10.7. The van der Waals surface area contributed by atoms with Crippen LogP contribution in [0.2, 0.25) is 0 Å². The first-order valence-electron chi connectivity index (χ1n) is 9.22. The largest absolute Gasteiger partial charge is 0.496 e. The van der Waals surface area contributed by atoms with Crippen LogP contribution >= 0.6 is 0 Å². The van der Waals surface area contributed by atoms with Crippen molar-refractivity contribution in [2.75, 3.05) is 20.3 Å². The lowest BCUT2D eigenvalue weighted by molar-refractivity contribution is 0.0924. The summed E-state index contributed by atoms with van der Waals surface area (Å²) in [6.45, 7) is 5.19. The number of aryl methyl sites for hydroxylation is 2. The molecule has 0 saturated carbocycles. The second-order valence-corrected chi connectivity index (χ2v) is 8.93. The normalized spacial score (nSPS) is 17.4. The first-order chi connectivity index (χ1) is 12.9. The molecular weight excluding hydrogens is 362 g/mol. The van der Waals surface area contributed by atoms with Gasteiger partial charge in [-0.3, -0.25) is 0 Å². The van der Waals surface area contributed by atoms with Crippen LogP contribution in [0.15, 0.2) is 47.4 Å². The number of para-hydroxylation sites is 1. The van der Waals surface area contributed by atoms with Crippen LogP contribution in [0.3, 0.4) is 0 Å². The van der Waals surface area contributed by atoms with Crippen molar-refractivity contribution in [3.8, 4) is 5.75 Å². The molecule has 1 heterocycles. The van der Waals surface area contributed by atoms with Crippen LogP contribution in [-0.4, -0.2) is 39.1 Å². The number of methoxy groups -OCH3 is 1. The molecule has 1 fully saturated rings. The van der Waals surface area contributed by atoms with Gasteiger partial charge in [0.05, 0.1) is 18.1 Å². The number of rotatable bonds is 7. The lowest BCUT2D eigenvalue weighted by Crippen LogP contribution is -2.37. The molecule has 0 aliphatic carbocycles. The lowest BCUT2D eigenvalue weighted by Gasteiger charge is -2.26. The van der Waals surface area contributed by atoms with E-state index in [0.717, 1.165) is 29.5 Å². The Labute approximate surface area is 162 Å². The van der Waals surface area contributed by atoms with Gasteiger partial charge in [0.25, 0.3) is 0 Å². The Morgan fingerprint density at radius 1 is 1.15 bits per heavy atom. The average Bonchev–Trinajstić information content (AvgIpc) is 3.17.